The Bertz CT molecular complexity index is 195. The lowest BCUT2D eigenvalue weighted by atomic mass is 10.1. The standard InChI is InChI=1S/C11H19N.C2H6/c1-4-6-7-11(5-2)8-10(3)9-12;1-2/h4,6-8H,5,9,12H2,1-3H3;1-2H3/b6-4-,10-8+,11-7+;. The van der Waals surface area contributed by atoms with E-state index < -0.39 is 0 Å². The third-order valence-electron chi connectivity index (χ3n) is 1.66. The van der Waals surface area contributed by atoms with Crippen LogP contribution in [0.2, 0.25) is 0 Å². The summed E-state index contributed by atoms with van der Waals surface area (Å²) in [5.41, 5.74) is 8.05. The molecule has 0 heterocycles. The minimum Gasteiger partial charge on any atom is -0.327 e. The van der Waals surface area contributed by atoms with Gasteiger partial charge in [0.1, 0.15) is 0 Å². The van der Waals surface area contributed by atoms with E-state index in [9.17, 15) is 0 Å². The van der Waals surface area contributed by atoms with Crippen molar-refractivity contribution in [1.29, 1.82) is 0 Å². The summed E-state index contributed by atoms with van der Waals surface area (Å²) in [5, 5.41) is 0. The Morgan fingerprint density at radius 3 is 2.21 bits per heavy atom. The third-order valence-corrected chi connectivity index (χ3v) is 1.66. The second-order valence-corrected chi connectivity index (χ2v) is 2.82. The summed E-state index contributed by atoms with van der Waals surface area (Å²) < 4.78 is 0. The molecule has 0 bridgehead atoms. The van der Waals surface area contributed by atoms with Gasteiger partial charge in [-0.2, -0.15) is 0 Å². The van der Waals surface area contributed by atoms with Gasteiger partial charge in [-0.15, -0.1) is 0 Å². The first-order valence-electron chi connectivity index (χ1n) is 5.43. The molecular weight excluding hydrogens is 170 g/mol. The van der Waals surface area contributed by atoms with Crippen molar-refractivity contribution in [2.75, 3.05) is 6.54 Å². The van der Waals surface area contributed by atoms with Gasteiger partial charge >= 0.3 is 0 Å². The van der Waals surface area contributed by atoms with Crippen LogP contribution in [0.15, 0.2) is 35.5 Å². The summed E-state index contributed by atoms with van der Waals surface area (Å²) in [6.45, 7) is 10.9. The highest BCUT2D eigenvalue weighted by molar-refractivity contribution is 5.26. The highest BCUT2D eigenvalue weighted by Gasteiger charge is 1.88. The molecule has 0 aliphatic rings. The third kappa shape index (κ3) is 9.27. The largest absolute Gasteiger partial charge is 0.327 e. The summed E-state index contributed by atoms with van der Waals surface area (Å²) in [5.74, 6) is 0. The normalized spacial score (nSPS) is 12.7. The molecule has 0 aromatic carbocycles. The van der Waals surface area contributed by atoms with Crippen molar-refractivity contribution >= 4 is 0 Å². The van der Waals surface area contributed by atoms with Crippen LogP contribution in [0.3, 0.4) is 0 Å². The molecule has 0 unspecified atom stereocenters. The monoisotopic (exact) mass is 195 g/mol. The summed E-state index contributed by atoms with van der Waals surface area (Å²) in [4.78, 5) is 0. The summed E-state index contributed by atoms with van der Waals surface area (Å²) in [6, 6.07) is 0. The van der Waals surface area contributed by atoms with E-state index in [-0.39, 0.29) is 0 Å². The molecule has 82 valence electrons. The maximum atomic E-state index is 5.49. The maximum absolute atomic E-state index is 5.49. The first-order chi connectivity index (χ1) is 6.74. The van der Waals surface area contributed by atoms with E-state index >= 15 is 0 Å². The van der Waals surface area contributed by atoms with E-state index in [2.05, 4.69) is 32.1 Å². The first kappa shape index (κ1) is 15.6. The Kier molecular flexibility index (Phi) is 13.6. The highest BCUT2D eigenvalue weighted by Crippen LogP contribution is 2.05. The molecule has 0 aromatic rings. The Morgan fingerprint density at radius 2 is 1.86 bits per heavy atom. The van der Waals surface area contributed by atoms with Gasteiger partial charge in [0.05, 0.1) is 0 Å². The van der Waals surface area contributed by atoms with E-state index in [1.165, 1.54) is 11.1 Å². The van der Waals surface area contributed by atoms with Gasteiger partial charge in [-0.05, 0) is 25.8 Å². The van der Waals surface area contributed by atoms with Gasteiger partial charge in [-0.1, -0.05) is 50.6 Å². The molecule has 0 radical (unpaired) electrons. The van der Waals surface area contributed by atoms with Crippen LogP contribution in [0.5, 0.6) is 0 Å². The van der Waals surface area contributed by atoms with Gasteiger partial charge < -0.3 is 5.73 Å². The zero-order valence-electron chi connectivity index (χ0n) is 10.3. The van der Waals surface area contributed by atoms with Crippen LogP contribution in [0.1, 0.15) is 41.0 Å². The molecule has 0 aromatic heterocycles. The molecule has 0 amide bonds. The average Bonchev–Trinajstić information content (AvgIpc) is 2.26. The molecule has 0 spiro atoms. The molecule has 0 fully saturated rings. The smallest absolute Gasteiger partial charge is 0.0137 e. The van der Waals surface area contributed by atoms with Crippen LogP contribution < -0.4 is 5.73 Å². The Hall–Kier alpha value is -0.820. The fourth-order valence-electron chi connectivity index (χ4n) is 0.863. The van der Waals surface area contributed by atoms with Crippen molar-refractivity contribution < 1.29 is 0 Å². The van der Waals surface area contributed by atoms with Gasteiger partial charge in [0.2, 0.25) is 0 Å². The molecule has 2 N–H and O–H groups in total. The second-order valence-electron chi connectivity index (χ2n) is 2.82. The van der Waals surface area contributed by atoms with Crippen molar-refractivity contribution in [2.24, 2.45) is 5.73 Å². The van der Waals surface area contributed by atoms with E-state index in [0.29, 0.717) is 6.54 Å². The number of hydrogen-bond donors (Lipinski definition) is 1. The van der Waals surface area contributed by atoms with E-state index in [1.54, 1.807) is 0 Å². The second kappa shape index (κ2) is 12.2. The highest BCUT2D eigenvalue weighted by atomic mass is 14.5. The van der Waals surface area contributed by atoms with Crippen molar-refractivity contribution in [3.05, 3.63) is 35.5 Å². The lowest BCUT2D eigenvalue weighted by Crippen LogP contribution is -1.99. The molecule has 14 heavy (non-hydrogen) atoms. The Morgan fingerprint density at radius 1 is 1.29 bits per heavy atom. The number of hydrogen-bond acceptors (Lipinski definition) is 1. The summed E-state index contributed by atoms with van der Waals surface area (Å²) in [6.07, 6.45) is 9.42. The number of nitrogens with two attached hydrogens (primary N) is 1. The van der Waals surface area contributed by atoms with Crippen LogP contribution in [-0.2, 0) is 0 Å². The Labute approximate surface area is 89.4 Å². The zero-order chi connectivity index (χ0) is 11.4. The molecular formula is C13H25N. The quantitative estimate of drug-likeness (QED) is 0.678. The molecule has 1 nitrogen and oxygen atoms in total. The molecule has 0 saturated heterocycles. The topological polar surface area (TPSA) is 26.0 Å². The predicted octanol–water partition coefficient (Wildman–Crippen LogP) is 3.83. The summed E-state index contributed by atoms with van der Waals surface area (Å²) >= 11 is 0. The van der Waals surface area contributed by atoms with Gasteiger partial charge in [0, 0.05) is 6.54 Å². The molecule has 0 aliphatic heterocycles. The predicted molar refractivity (Wildman–Crippen MR) is 67.3 cm³/mol. The molecule has 0 atom stereocenters. The zero-order valence-corrected chi connectivity index (χ0v) is 10.3. The van der Waals surface area contributed by atoms with Crippen molar-refractivity contribution in [3.8, 4) is 0 Å². The molecule has 0 saturated carbocycles. The lowest BCUT2D eigenvalue weighted by molar-refractivity contribution is 1.09. The fraction of sp³-hybridized carbons (Fsp3) is 0.538. The van der Waals surface area contributed by atoms with Crippen molar-refractivity contribution in [2.45, 2.75) is 41.0 Å². The van der Waals surface area contributed by atoms with Gasteiger partial charge in [0.25, 0.3) is 0 Å². The minimum atomic E-state index is 0.646. The molecule has 0 rings (SSSR count). The lowest BCUT2D eigenvalue weighted by Gasteiger charge is -1.98. The number of allylic oxidation sites excluding steroid dienone is 5. The average molecular weight is 195 g/mol. The first-order valence-corrected chi connectivity index (χ1v) is 5.43. The summed E-state index contributed by atoms with van der Waals surface area (Å²) in [7, 11) is 0. The van der Waals surface area contributed by atoms with E-state index in [4.69, 9.17) is 5.73 Å². The Balaban J connectivity index is 0. The maximum Gasteiger partial charge on any atom is 0.0137 e. The number of rotatable bonds is 4. The van der Waals surface area contributed by atoms with Crippen LogP contribution >= 0.6 is 0 Å². The van der Waals surface area contributed by atoms with E-state index in [0.717, 1.165) is 6.42 Å². The van der Waals surface area contributed by atoms with Gasteiger partial charge in [-0.25, -0.2) is 0 Å². The van der Waals surface area contributed by atoms with Crippen LogP contribution in [0.25, 0.3) is 0 Å². The minimum absolute atomic E-state index is 0.646. The molecule has 1 heteroatoms. The SMILES string of the molecule is CC.C\C=C/C=C(/C=C(\C)CN)CC. The van der Waals surface area contributed by atoms with Gasteiger partial charge in [0.15, 0.2) is 0 Å². The van der Waals surface area contributed by atoms with Crippen LogP contribution in [-0.4, -0.2) is 6.54 Å². The van der Waals surface area contributed by atoms with Gasteiger partial charge in [-0.3, -0.25) is 0 Å². The van der Waals surface area contributed by atoms with Crippen LogP contribution in [0.4, 0.5) is 0 Å². The fourth-order valence-corrected chi connectivity index (χ4v) is 0.863. The van der Waals surface area contributed by atoms with E-state index in [1.807, 2.05) is 26.8 Å². The van der Waals surface area contributed by atoms with Crippen molar-refractivity contribution in [1.82, 2.24) is 0 Å². The van der Waals surface area contributed by atoms with Crippen LogP contribution in [0, 0.1) is 0 Å². The van der Waals surface area contributed by atoms with Crippen molar-refractivity contribution in [3.63, 3.8) is 0 Å². The molecule has 0 aliphatic carbocycles.